The van der Waals surface area contributed by atoms with Crippen LogP contribution in [0.2, 0.25) is 38.3 Å². The summed E-state index contributed by atoms with van der Waals surface area (Å²) in [6, 6.07) is 43.6. The Morgan fingerprint density at radius 3 is 0.886 bits per heavy atom. The minimum atomic E-state index is -2.00. The standard InChI is InChI=1S/C62H78Cl2O4Si2/c1-9-29-65-59-49-15-13-16-50(59)36-54-40-58(70(7,8)34-28-46-21-25-48(44-64)26-22-46)42-56(62(54)68-32-12-4)38-52-18-14-17-51(60(52)66-30-10-2)37-55-41-57(39-53(35-49)61(55)67-31-11-3)69(5,6)33-27-45-19-23-47(43-63)24-20-45/h13-26,39-42H,9-12,27-38,43-44H2,1-8H3. The second-order valence-electron chi connectivity index (χ2n) is 20.8. The van der Waals surface area contributed by atoms with Gasteiger partial charge >= 0.3 is 0 Å². The number of alkyl halides is 2. The number of para-hydroxylation sites is 2. The number of fused-ring (bicyclic) bond motifs is 8. The van der Waals surface area contributed by atoms with E-state index in [-0.39, 0.29) is 0 Å². The predicted molar refractivity (Wildman–Crippen MR) is 303 cm³/mol. The number of hydrogen-bond donors (Lipinski definition) is 0. The highest BCUT2D eigenvalue weighted by atomic mass is 35.5. The zero-order valence-corrected chi connectivity index (χ0v) is 47.0. The average Bonchev–Trinajstić information content (AvgIpc) is 3.36. The molecular formula is C62H78Cl2O4Si2. The summed E-state index contributed by atoms with van der Waals surface area (Å²) in [6.45, 7) is 21.5. The van der Waals surface area contributed by atoms with E-state index >= 15 is 0 Å². The highest BCUT2D eigenvalue weighted by molar-refractivity contribution is 6.90. The Hall–Kier alpha value is -4.47. The van der Waals surface area contributed by atoms with Crippen LogP contribution in [-0.4, -0.2) is 42.6 Å². The van der Waals surface area contributed by atoms with Gasteiger partial charge in [-0.05, 0) is 117 Å². The Morgan fingerprint density at radius 2 is 0.629 bits per heavy atom. The topological polar surface area (TPSA) is 36.9 Å². The summed E-state index contributed by atoms with van der Waals surface area (Å²) in [5.74, 6) is 5.07. The van der Waals surface area contributed by atoms with E-state index in [4.69, 9.17) is 42.1 Å². The summed E-state index contributed by atoms with van der Waals surface area (Å²) in [6.07, 6.45) is 8.56. The van der Waals surface area contributed by atoms with E-state index in [1.165, 1.54) is 66.0 Å². The Morgan fingerprint density at radius 1 is 0.371 bits per heavy atom. The third-order valence-corrected chi connectivity index (χ3v) is 21.5. The average molecular weight is 1010 g/mol. The molecule has 0 unspecified atom stereocenters. The van der Waals surface area contributed by atoms with Crippen LogP contribution in [0.1, 0.15) is 120 Å². The van der Waals surface area contributed by atoms with Crippen LogP contribution in [0, 0.1) is 0 Å². The number of benzene rings is 6. The summed E-state index contributed by atoms with van der Waals surface area (Å²) < 4.78 is 27.8. The zero-order chi connectivity index (χ0) is 49.7. The van der Waals surface area contributed by atoms with Crippen LogP contribution in [0.25, 0.3) is 0 Å². The SMILES string of the molecule is CCCOc1c2cccc1Cc1cc([Si](C)(C)CCc3ccc(CCl)cc3)cc(c1OCCC)Cc1cccc(c1OCCC)Cc1cc([Si](C)(C)CCc3ccc(CCl)cc3)cc(c1OCCC)C2. The van der Waals surface area contributed by atoms with Gasteiger partial charge in [0.05, 0.1) is 42.6 Å². The van der Waals surface area contributed by atoms with Gasteiger partial charge < -0.3 is 18.9 Å². The Kier molecular flexibility index (Phi) is 19.3. The van der Waals surface area contributed by atoms with Crippen molar-refractivity contribution >= 4 is 49.7 Å². The Bertz CT molecular complexity index is 2370. The lowest BCUT2D eigenvalue weighted by Gasteiger charge is -2.28. The normalized spacial score (nSPS) is 12.7. The van der Waals surface area contributed by atoms with E-state index < -0.39 is 16.1 Å². The van der Waals surface area contributed by atoms with Crippen molar-refractivity contribution in [3.63, 3.8) is 0 Å². The summed E-state index contributed by atoms with van der Waals surface area (Å²) >= 11 is 12.4. The van der Waals surface area contributed by atoms with Crippen molar-refractivity contribution in [3.05, 3.63) is 176 Å². The molecule has 0 radical (unpaired) electrons. The van der Waals surface area contributed by atoms with Crippen molar-refractivity contribution in [2.24, 2.45) is 0 Å². The van der Waals surface area contributed by atoms with Crippen molar-refractivity contribution in [1.29, 1.82) is 0 Å². The summed E-state index contributed by atoms with van der Waals surface area (Å²) in [5, 5.41) is 2.91. The van der Waals surface area contributed by atoms with E-state index in [2.05, 4.69) is 163 Å². The van der Waals surface area contributed by atoms with Crippen molar-refractivity contribution in [2.45, 2.75) is 142 Å². The molecule has 8 heteroatoms. The fourth-order valence-corrected chi connectivity index (χ4v) is 14.8. The molecule has 0 amide bonds. The van der Waals surface area contributed by atoms with Crippen LogP contribution in [0.5, 0.6) is 23.0 Å². The second kappa shape index (κ2) is 25.3. The van der Waals surface area contributed by atoms with Gasteiger partial charge in [0.25, 0.3) is 0 Å². The van der Waals surface area contributed by atoms with E-state index in [0.717, 1.165) is 84.7 Å². The van der Waals surface area contributed by atoms with Gasteiger partial charge in [-0.3, -0.25) is 0 Å². The molecule has 6 aromatic carbocycles. The van der Waals surface area contributed by atoms with Crippen molar-refractivity contribution in [1.82, 2.24) is 0 Å². The van der Waals surface area contributed by atoms with Crippen LogP contribution in [0.4, 0.5) is 0 Å². The van der Waals surface area contributed by atoms with Gasteiger partial charge in [-0.15, -0.1) is 23.2 Å². The largest absolute Gasteiger partial charge is 0.493 e. The van der Waals surface area contributed by atoms with E-state index in [1.807, 2.05) is 0 Å². The molecule has 0 spiro atoms. The van der Waals surface area contributed by atoms with Crippen LogP contribution in [-0.2, 0) is 50.3 Å². The fraction of sp³-hybridized carbons (Fsp3) is 0.419. The third-order valence-electron chi connectivity index (χ3n) is 14.2. The molecule has 0 fully saturated rings. The van der Waals surface area contributed by atoms with Gasteiger partial charge in [-0.25, -0.2) is 0 Å². The Labute approximate surface area is 433 Å². The number of halogens is 2. The first-order chi connectivity index (χ1) is 33.9. The highest BCUT2D eigenvalue weighted by Gasteiger charge is 2.30. The molecule has 6 aromatic rings. The van der Waals surface area contributed by atoms with E-state index in [9.17, 15) is 0 Å². The van der Waals surface area contributed by atoms with Gasteiger partial charge in [0, 0.05) is 37.4 Å². The molecule has 8 bridgehead atoms. The quantitative estimate of drug-likeness (QED) is 0.0501. The second-order valence-corrected chi connectivity index (χ2v) is 31.1. The summed E-state index contributed by atoms with van der Waals surface area (Å²) in [5.41, 5.74) is 14.7. The maximum atomic E-state index is 6.96. The van der Waals surface area contributed by atoms with E-state index in [1.54, 1.807) is 0 Å². The van der Waals surface area contributed by atoms with Gasteiger partial charge in [-0.2, -0.15) is 0 Å². The molecule has 70 heavy (non-hydrogen) atoms. The molecule has 372 valence electrons. The number of hydrogen-bond acceptors (Lipinski definition) is 4. The lowest BCUT2D eigenvalue weighted by atomic mass is 9.91. The maximum absolute atomic E-state index is 6.96. The lowest BCUT2D eigenvalue weighted by molar-refractivity contribution is 0.304. The molecule has 0 saturated carbocycles. The van der Waals surface area contributed by atoms with Crippen molar-refractivity contribution < 1.29 is 18.9 Å². The van der Waals surface area contributed by atoms with Gasteiger partial charge in [0.2, 0.25) is 0 Å². The molecule has 0 heterocycles. The number of aryl methyl sites for hydroxylation is 2. The van der Waals surface area contributed by atoms with Crippen LogP contribution < -0.4 is 29.3 Å². The molecule has 4 nitrogen and oxygen atoms in total. The monoisotopic (exact) mass is 1010 g/mol. The third kappa shape index (κ3) is 13.5. The van der Waals surface area contributed by atoms with Crippen LogP contribution in [0.3, 0.4) is 0 Å². The van der Waals surface area contributed by atoms with Gasteiger partial charge in [0.1, 0.15) is 23.0 Å². The fourth-order valence-electron chi connectivity index (χ4n) is 9.82. The van der Waals surface area contributed by atoms with Crippen LogP contribution in [0.15, 0.2) is 109 Å². The first-order valence-corrected chi connectivity index (χ1v) is 33.7. The maximum Gasteiger partial charge on any atom is 0.126 e. The first-order valence-electron chi connectivity index (χ1n) is 26.2. The van der Waals surface area contributed by atoms with Gasteiger partial charge in [-0.1, -0.05) is 173 Å². The molecular weight excluding hydrogens is 936 g/mol. The Balaban J connectivity index is 1.43. The number of rotatable bonds is 22. The molecule has 0 saturated heterocycles. The van der Waals surface area contributed by atoms with Gasteiger partial charge in [0.15, 0.2) is 0 Å². The predicted octanol–water partition coefficient (Wildman–Crippen LogP) is 15.3. The summed E-state index contributed by atoms with van der Waals surface area (Å²) in [4.78, 5) is 0. The molecule has 1 aliphatic rings. The first kappa shape index (κ1) is 53.3. The van der Waals surface area contributed by atoms with Crippen LogP contribution >= 0.6 is 23.2 Å². The molecule has 0 aromatic heterocycles. The molecule has 0 aliphatic heterocycles. The molecule has 0 atom stereocenters. The van der Waals surface area contributed by atoms with Crippen molar-refractivity contribution in [2.75, 3.05) is 26.4 Å². The smallest absolute Gasteiger partial charge is 0.126 e. The van der Waals surface area contributed by atoms with E-state index in [0.29, 0.717) is 63.9 Å². The number of ether oxygens (including phenoxy) is 4. The zero-order valence-electron chi connectivity index (χ0n) is 43.5. The van der Waals surface area contributed by atoms with Crippen molar-refractivity contribution in [3.8, 4) is 23.0 Å². The molecule has 1 aliphatic carbocycles. The summed E-state index contributed by atoms with van der Waals surface area (Å²) in [7, 11) is -4.01. The molecule has 0 N–H and O–H groups in total. The lowest BCUT2D eigenvalue weighted by Crippen LogP contribution is -2.42. The minimum Gasteiger partial charge on any atom is -0.493 e. The molecule has 7 rings (SSSR count). The highest BCUT2D eigenvalue weighted by Crippen LogP contribution is 2.40. The minimum absolute atomic E-state index is 0.537.